The summed E-state index contributed by atoms with van der Waals surface area (Å²) in [6.45, 7) is 5.01. The number of carboxylic acid groups (broad SMARTS) is 1. The maximum atomic E-state index is 15.1. The lowest BCUT2D eigenvalue weighted by atomic mass is 9.91. The van der Waals surface area contributed by atoms with Crippen molar-refractivity contribution in [2.45, 2.75) is 45.3 Å². The number of benzene rings is 1. The SMILES string of the molecule is C[C@@H]1CN(c2c(F)cc3c(=O)c(C(=O)O)cn4c3c2CC[C@@H]4C)CC[C@@H]1O. The second kappa shape index (κ2) is 6.34. The lowest BCUT2D eigenvalue weighted by Crippen LogP contribution is -2.43. The van der Waals surface area contributed by atoms with Crippen molar-refractivity contribution < 1.29 is 19.4 Å². The van der Waals surface area contributed by atoms with Crippen LogP contribution in [-0.2, 0) is 6.42 Å². The molecule has 2 aromatic rings. The zero-order valence-electron chi connectivity index (χ0n) is 15.4. The second-order valence-electron chi connectivity index (χ2n) is 7.83. The molecule has 6 nitrogen and oxygen atoms in total. The van der Waals surface area contributed by atoms with Gasteiger partial charge in [-0.05, 0) is 38.2 Å². The van der Waals surface area contributed by atoms with E-state index in [0.717, 1.165) is 12.0 Å². The smallest absolute Gasteiger partial charge is 0.341 e. The quantitative estimate of drug-likeness (QED) is 0.844. The van der Waals surface area contributed by atoms with E-state index in [0.29, 0.717) is 37.1 Å². The number of hydrogen-bond donors (Lipinski definition) is 2. The molecule has 1 aromatic heterocycles. The summed E-state index contributed by atoms with van der Waals surface area (Å²) in [5.41, 5.74) is 0.921. The first-order chi connectivity index (χ1) is 12.8. The van der Waals surface area contributed by atoms with Crippen LogP contribution in [-0.4, -0.2) is 39.9 Å². The van der Waals surface area contributed by atoms with Crippen LogP contribution >= 0.6 is 0 Å². The van der Waals surface area contributed by atoms with E-state index in [2.05, 4.69) is 0 Å². The highest BCUT2D eigenvalue weighted by atomic mass is 19.1. The molecular weight excluding hydrogens is 351 g/mol. The van der Waals surface area contributed by atoms with Gasteiger partial charge in [0, 0.05) is 36.3 Å². The van der Waals surface area contributed by atoms with Crippen molar-refractivity contribution in [1.29, 1.82) is 0 Å². The van der Waals surface area contributed by atoms with Gasteiger partial charge in [0.15, 0.2) is 0 Å². The average molecular weight is 374 g/mol. The van der Waals surface area contributed by atoms with Gasteiger partial charge < -0.3 is 19.7 Å². The van der Waals surface area contributed by atoms with Crippen molar-refractivity contribution in [2.24, 2.45) is 5.92 Å². The van der Waals surface area contributed by atoms with Crippen molar-refractivity contribution >= 4 is 22.6 Å². The second-order valence-corrected chi connectivity index (χ2v) is 7.83. The number of aliphatic hydroxyl groups excluding tert-OH is 1. The Labute approximate surface area is 155 Å². The van der Waals surface area contributed by atoms with Crippen LogP contribution in [0, 0.1) is 11.7 Å². The van der Waals surface area contributed by atoms with E-state index >= 15 is 4.39 Å². The average Bonchev–Trinajstić information content (AvgIpc) is 2.61. The van der Waals surface area contributed by atoms with Gasteiger partial charge in [-0.1, -0.05) is 6.92 Å². The molecule has 2 aliphatic rings. The topological polar surface area (TPSA) is 82.8 Å². The normalized spacial score (nSPS) is 25.0. The lowest BCUT2D eigenvalue weighted by Gasteiger charge is -2.38. The summed E-state index contributed by atoms with van der Waals surface area (Å²) < 4.78 is 17.0. The van der Waals surface area contributed by atoms with Crippen molar-refractivity contribution in [3.8, 4) is 0 Å². The number of pyridine rings is 1. The molecule has 0 amide bonds. The molecule has 2 N–H and O–H groups in total. The molecule has 1 fully saturated rings. The monoisotopic (exact) mass is 374 g/mol. The Balaban J connectivity index is 1.99. The van der Waals surface area contributed by atoms with Crippen molar-refractivity contribution in [1.82, 2.24) is 4.57 Å². The Morgan fingerprint density at radius 3 is 2.70 bits per heavy atom. The number of nitrogens with zero attached hydrogens (tertiary/aromatic N) is 2. The maximum absolute atomic E-state index is 15.1. The van der Waals surface area contributed by atoms with E-state index < -0.39 is 23.3 Å². The number of hydrogen-bond acceptors (Lipinski definition) is 4. The fraction of sp³-hybridized carbons (Fsp3) is 0.500. The van der Waals surface area contributed by atoms with Crippen LogP contribution in [0.4, 0.5) is 10.1 Å². The van der Waals surface area contributed by atoms with Gasteiger partial charge in [-0.15, -0.1) is 0 Å². The van der Waals surface area contributed by atoms with Crippen LogP contribution in [0.3, 0.4) is 0 Å². The molecule has 7 heteroatoms. The number of anilines is 1. The number of halogens is 1. The number of carbonyl (C=O) groups is 1. The van der Waals surface area contributed by atoms with Crippen LogP contribution in [0.1, 0.15) is 48.7 Å². The highest BCUT2D eigenvalue weighted by molar-refractivity contribution is 5.95. The fourth-order valence-electron chi connectivity index (χ4n) is 4.46. The number of aromatic carboxylic acids is 1. The Kier molecular flexibility index (Phi) is 4.22. The van der Waals surface area contributed by atoms with Gasteiger partial charge >= 0.3 is 5.97 Å². The minimum atomic E-state index is -1.30. The molecular formula is C20H23FN2O4. The molecule has 4 rings (SSSR count). The maximum Gasteiger partial charge on any atom is 0.341 e. The Bertz CT molecular complexity index is 1000. The molecule has 0 radical (unpaired) electrons. The molecule has 27 heavy (non-hydrogen) atoms. The highest BCUT2D eigenvalue weighted by Crippen LogP contribution is 2.39. The summed E-state index contributed by atoms with van der Waals surface area (Å²) in [5.74, 6) is -1.77. The van der Waals surface area contributed by atoms with Gasteiger partial charge in [0.2, 0.25) is 5.43 Å². The standard InChI is InChI=1S/C20H23FN2O4/c1-10-8-22(6-5-16(10)24)18-12-4-3-11(2)23-9-14(20(26)27)19(25)13(17(12)23)7-15(18)21/h7,9-11,16,24H,3-6,8H2,1-2H3,(H,26,27)/t10-,11+,16+/m1/s1. The van der Waals surface area contributed by atoms with Gasteiger partial charge in [0.1, 0.15) is 11.4 Å². The third-order valence-corrected chi connectivity index (χ3v) is 6.03. The molecule has 0 saturated carbocycles. The number of aliphatic hydroxyl groups is 1. The summed E-state index contributed by atoms with van der Waals surface area (Å²) in [5, 5.41) is 19.5. The first kappa shape index (κ1) is 18.0. The zero-order valence-corrected chi connectivity index (χ0v) is 15.4. The number of aromatic nitrogens is 1. The van der Waals surface area contributed by atoms with Gasteiger partial charge in [-0.3, -0.25) is 4.79 Å². The summed E-state index contributed by atoms with van der Waals surface area (Å²) >= 11 is 0. The number of rotatable bonds is 2. The van der Waals surface area contributed by atoms with E-state index in [1.54, 1.807) is 0 Å². The number of carboxylic acids is 1. The minimum Gasteiger partial charge on any atom is -0.477 e. The van der Waals surface area contributed by atoms with E-state index in [4.69, 9.17) is 0 Å². The number of aryl methyl sites for hydroxylation is 1. The third-order valence-electron chi connectivity index (χ3n) is 6.03. The molecule has 144 valence electrons. The Morgan fingerprint density at radius 1 is 1.30 bits per heavy atom. The predicted molar refractivity (Wildman–Crippen MR) is 100 cm³/mol. The van der Waals surface area contributed by atoms with Crippen LogP contribution in [0.25, 0.3) is 10.9 Å². The van der Waals surface area contributed by atoms with E-state index in [1.165, 1.54) is 12.3 Å². The molecule has 1 aromatic carbocycles. The number of piperidine rings is 1. The Hall–Kier alpha value is -2.41. The molecule has 1 saturated heterocycles. The lowest BCUT2D eigenvalue weighted by molar-refractivity contribution is 0.0694. The van der Waals surface area contributed by atoms with Crippen LogP contribution < -0.4 is 10.3 Å². The summed E-state index contributed by atoms with van der Waals surface area (Å²) in [7, 11) is 0. The van der Waals surface area contributed by atoms with Crippen molar-refractivity contribution in [2.75, 3.05) is 18.0 Å². The van der Waals surface area contributed by atoms with E-state index in [1.807, 2.05) is 23.3 Å². The molecule has 2 aliphatic heterocycles. The third kappa shape index (κ3) is 2.72. The van der Waals surface area contributed by atoms with E-state index in [-0.39, 0.29) is 22.9 Å². The molecule has 3 heterocycles. The Morgan fingerprint density at radius 2 is 2.04 bits per heavy atom. The highest BCUT2D eigenvalue weighted by Gasteiger charge is 2.31. The van der Waals surface area contributed by atoms with Crippen LogP contribution in [0.5, 0.6) is 0 Å². The van der Waals surface area contributed by atoms with Gasteiger partial charge in [-0.25, -0.2) is 9.18 Å². The molecule has 0 aliphatic carbocycles. The first-order valence-corrected chi connectivity index (χ1v) is 9.36. The van der Waals surface area contributed by atoms with Crippen LogP contribution in [0.2, 0.25) is 0 Å². The predicted octanol–water partition coefficient (Wildman–Crippen LogP) is 2.55. The minimum absolute atomic E-state index is 0.0270. The summed E-state index contributed by atoms with van der Waals surface area (Å²) in [6.07, 6.45) is 2.94. The van der Waals surface area contributed by atoms with Crippen LogP contribution in [0.15, 0.2) is 17.1 Å². The van der Waals surface area contributed by atoms with Gasteiger partial charge in [0.25, 0.3) is 0 Å². The van der Waals surface area contributed by atoms with Gasteiger partial charge in [0.05, 0.1) is 17.3 Å². The van der Waals surface area contributed by atoms with E-state index in [9.17, 15) is 19.8 Å². The summed E-state index contributed by atoms with van der Waals surface area (Å²) in [6, 6.07) is 1.21. The first-order valence-electron chi connectivity index (χ1n) is 9.36. The molecule has 0 bridgehead atoms. The molecule has 3 atom stereocenters. The van der Waals surface area contributed by atoms with Crippen molar-refractivity contribution in [3.63, 3.8) is 0 Å². The van der Waals surface area contributed by atoms with Crippen molar-refractivity contribution in [3.05, 3.63) is 39.4 Å². The molecule has 0 unspecified atom stereocenters. The molecule has 0 spiro atoms. The fourth-order valence-corrected chi connectivity index (χ4v) is 4.46. The summed E-state index contributed by atoms with van der Waals surface area (Å²) in [4.78, 5) is 26.1. The van der Waals surface area contributed by atoms with Gasteiger partial charge in [-0.2, -0.15) is 0 Å². The zero-order chi connectivity index (χ0) is 19.5. The largest absolute Gasteiger partial charge is 0.477 e.